The van der Waals surface area contributed by atoms with Gasteiger partial charge in [-0.2, -0.15) is 4.31 Å². The molecular formula is C13H19FN2O3S. The Kier molecular flexibility index (Phi) is 4.43. The normalized spacial score (nSPS) is 20.8. The molecule has 0 radical (unpaired) electrons. The van der Waals surface area contributed by atoms with Crippen molar-refractivity contribution in [2.24, 2.45) is 0 Å². The highest BCUT2D eigenvalue weighted by atomic mass is 32.2. The summed E-state index contributed by atoms with van der Waals surface area (Å²) < 4.78 is 39.8. The number of halogens is 1. The first-order valence-electron chi connectivity index (χ1n) is 6.42. The number of rotatable bonds is 4. The fourth-order valence-electron chi connectivity index (χ4n) is 2.39. The van der Waals surface area contributed by atoms with Crippen LogP contribution >= 0.6 is 0 Å². The van der Waals surface area contributed by atoms with Gasteiger partial charge in [0.05, 0.1) is 11.5 Å². The Balaban J connectivity index is 2.34. The number of hydrogen-bond acceptors (Lipinski definition) is 4. The summed E-state index contributed by atoms with van der Waals surface area (Å²) in [6.45, 7) is 0.364. The Morgan fingerprint density at radius 3 is 2.70 bits per heavy atom. The van der Waals surface area contributed by atoms with Gasteiger partial charge in [-0.15, -0.1) is 0 Å². The second kappa shape index (κ2) is 5.77. The molecule has 112 valence electrons. The maximum Gasteiger partial charge on any atom is 0.243 e. The van der Waals surface area contributed by atoms with E-state index in [-0.39, 0.29) is 16.5 Å². The van der Waals surface area contributed by atoms with Gasteiger partial charge in [0.1, 0.15) is 5.82 Å². The maximum atomic E-state index is 13.3. The summed E-state index contributed by atoms with van der Waals surface area (Å²) in [5.74, 6) is -0.621. The lowest BCUT2D eigenvalue weighted by molar-refractivity contribution is 0.277. The molecular weight excluding hydrogens is 283 g/mol. The number of nitrogens with zero attached hydrogens (tertiary/aromatic N) is 2. The van der Waals surface area contributed by atoms with E-state index < -0.39 is 22.4 Å². The highest BCUT2D eigenvalue weighted by Gasteiger charge is 2.34. The highest BCUT2D eigenvalue weighted by Crippen LogP contribution is 2.26. The van der Waals surface area contributed by atoms with Crippen LogP contribution in [0.4, 0.5) is 4.39 Å². The number of sulfonamides is 1. The SMILES string of the molecule is CN(C)C1CCN(S(=O)(=O)c2cc(F)ccc2CO)C1. The zero-order chi connectivity index (χ0) is 14.9. The van der Waals surface area contributed by atoms with Gasteiger partial charge < -0.3 is 10.0 Å². The highest BCUT2D eigenvalue weighted by molar-refractivity contribution is 7.89. The Hall–Kier alpha value is -1.02. The van der Waals surface area contributed by atoms with Crippen molar-refractivity contribution in [1.29, 1.82) is 0 Å². The molecule has 0 bridgehead atoms. The van der Waals surface area contributed by atoms with Gasteiger partial charge in [0.15, 0.2) is 0 Å². The van der Waals surface area contributed by atoms with Crippen LogP contribution in [0.25, 0.3) is 0 Å². The van der Waals surface area contributed by atoms with Gasteiger partial charge >= 0.3 is 0 Å². The Bertz CT molecular complexity index is 589. The summed E-state index contributed by atoms with van der Waals surface area (Å²) >= 11 is 0. The average Bonchev–Trinajstić information content (AvgIpc) is 2.89. The van der Waals surface area contributed by atoms with Crippen molar-refractivity contribution >= 4 is 10.0 Å². The van der Waals surface area contributed by atoms with Crippen molar-refractivity contribution < 1.29 is 17.9 Å². The molecule has 0 aliphatic carbocycles. The van der Waals surface area contributed by atoms with E-state index in [2.05, 4.69) is 0 Å². The van der Waals surface area contributed by atoms with Gasteiger partial charge in [-0.1, -0.05) is 6.07 Å². The van der Waals surface area contributed by atoms with Crippen LogP contribution < -0.4 is 0 Å². The lowest BCUT2D eigenvalue weighted by Gasteiger charge is -2.21. The monoisotopic (exact) mass is 302 g/mol. The fourth-order valence-corrected chi connectivity index (χ4v) is 4.11. The van der Waals surface area contributed by atoms with Crippen molar-refractivity contribution in [3.63, 3.8) is 0 Å². The van der Waals surface area contributed by atoms with Gasteiger partial charge in [0, 0.05) is 19.1 Å². The van der Waals surface area contributed by atoms with Crippen LogP contribution in [-0.2, 0) is 16.6 Å². The summed E-state index contributed by atoms with van der Waals surface area (Å²) in [5, 5.41) is 9.24. The lowest BCUT2D eigenvalue weighted by Crippen LogP contribution is -2.34. The van der Waals surface area contributed by atoms with Crippen molar-refractivity contribution in [3.8, 4) is 0 Å². The van der Waals surface area contributed by atoms with E-state index in [4.69, 9.17) is 0 Å². The van der Waals surface area contributed by atoms with E-state index in [0.29, 0.717) is 13.1 Å². The molecule has 1 saturated heterocycles. The molecule has 1 atom stereocenters. The number of aliphatic hydroxyl groups excluding tert-OH is 1. The van der Waals surface area contributed by atoms with Gasteiger partial charge in [0.25, 0.3) is 0 Å². The lowest BCUT2D eigenvalue weighted by atomic mass is 10.2. The molecule has 1 aliphatic heterocycles. The number of hydrogen-bond donors (Lipinski definition) is 1. The van der Waals surface area contributed by atoms with Gasteiger partial charge in [-0.3, -0.25) is 0 Å². The molecule has 1 heterocycles. The van der Waals surface area contributed by atoms with Crippen LogP contribution in [0.1, 0.15) is 12.0 Å². The van der Waals surface area contributed by atoms with Crippen LogP contribution in [-0.4, -0.2) is 56.0 Å². The first-order chi connectivity index (χ1) is 9.36. The van der Waals surface area contributed by atoms with Crippen LogP contribution in [0.3, 0.4) is 0 Å². The fraction of sp³-hybridized carbons (Fsp3) is 0.538. The second-order valence-electron chi connectivity index (χ2n) is 5.18. The first kappa shape index (κ1) is 15.4. The molecule has 5 nitrogen and oxygen atoms in total. The smallest absolute Gasteiger partial charge is 0.243 e. The van der Waals surface area contributed by atoms with Crippen molar-refractivity contribution in [3.05, 3.63) is 29.6 Å². The average molecular weight is 302 g/mol. The first-order valence-corrected chi connectivity index (χ1v) is 7.86. The molecule has 1 fully saturated rings. The van der Waals surface area contributed by atoms with E-state index in [1.165, 1.54) is 10.4 Å². The van der Waals surface area contributed by atoms with E-state index in [1.54, 1.807) is 0 Å². The predicted octanol–water partition coefficient (Wildman–Crippen LogP) is 0.643. The van der Waals surface area contributed by atoms with Gasteiger partial charge in [-0.25, -0.2) is 12.8 Å². The molecule has 1 unspecified atom stereocenters. The van der Waals surface area contributed by atoms with Crippen molar-refractivity contribution in [2.45, 2.75) is 24.0 Å². The van der Waals surface area contributed by atoms with Gasteiger partial charge in [0.2, 0.25) is 10.0 Å². The number of likely N-dealkylation sites (N-methyl/N-ethyl adjacent to an activating group) is 1. The molecule has 0 amide bonds. The second-order valence-corrected chi connectivity index (χ2v) is 7.09. The number of benzene rings is 1. The van der Waals surface area contributed by atoms with E-state index in [1.807, 2.05) is 19.0 Å². The molecule has 1 aliphatic rings. The minimum atomic E-state index is -3.76. The third-order valence-electron chi connectivity index (χ3n) is 3.67. The predicted molar refractivity (Wildman–Crippen MR) is 73.2 cm³/mol. The quantitative estimate of drug-likeness (QED) is 0.887. The molecule has 20 heavy (non-hydrogen) atoms. The molecule has 1 N–H and O–H groups in total. The molecule has 0 spiro atoms. The van der Waals surface area contributed by atoms with Crippen LogP contribution in [0.15, 0.2) is 23.1 Å². The van der Waals surface area contributed by atoms with Crippen LogP contribution in [0.5, 0.6) is 0 Å². The minimum Gasteiger partial charge on any atom is -0.392 e. The van der Waals surface area contributed by atoms with E-state index in [9.17, 15) is 17.9 Å². The maximum absolute atomic E-state index is 13.3. The largest absolute Gasteiger partial charge is 0.392 e. The van der Waals surface area contributed by atoms with E-state index >= 15 is 0 Å². The standard InChI is InChI=1S/C13H19FN2O3S/c1-15(2)12-5-6-16(8-12)20(18,19)13-7-11(14)4-3-10(13)9-17/h3-4,7,12,17H,5-6,8-9H2,1-2H3. The Morgan fingerprint density at radius 2 is 2.15 bits per heavy atom. The molecule has 0 saturated carbocycles. The summed E-state index contributed by atoms with van der Waals surface area (Å²) in [4.78, 5) is 1.84. The number of aliphatic hydroxyl groups is 1. The summed E-state index contributed by atoms with van der Waals surface area (Å²) in [6, 6.07) is 3.60. The molecule has 0 aromatic heterocycles. The van der Waals surface area contributed by atoms with Crippen molar-refractivity contribution in [2.75, 3.05) is 27.2 Å². The topological polar surface area (TPSA) is 60.9 Å². The van der Waals surface area contributed by atoms with Crippen LogP contribution in [0.2, 0.25) is 0 Å². The third kappa shape index (κ3) is 2.85. The summed E-state index contributed by atoms with van der Waals surface area (Å²) in [6.07, 6.45) is 0.746. The Labute approximate surface area is 118 Å². The Morgan fingerprint density at radius 1 is 1.45 bits per heavy atom. The molecule has 1 aromatic carbocycles. The molecule has 7 heteroatoms. The summed E-state index contributed by atoms with van der Waals surface area (Å²) in [7, 11) is 0.0460. The minimum absolute atomic E-state index is 0.139. The van der Waals surface area contributed by atoms with Gasteiger partial charge in [-0.05, 0) is 38.2 Å². The van der Waals surface area contributed by atoms with Crippen molar-refractivity contribution in [1.82, 2.24) is 9.21 Å². The molecule has 1 aromatic rings. The van der Waals surface area contributed by atoms with E-state index in [0.717, 1.165) is 18.6 Å². The third-order valence-corrected chi connectivity index (χ3v) is 5.62. The molecule has 2 rings (SSSR count). The summed E-state index contributed by atoms with van der Waals surface area (Å²) in [5.41, 5.74) is 0.222. The zero-order valence-corrected chi connectivity index (χ0v) is 12.4. The van der Waals surface area contributed by atoms with Crippen LogP contribution in [0, 0.1) is 5.82 Å². The zero-order valence-electron chi connectivity index (χ0n) is 11.6.